The number of carbonyl (C=O) groups is 1. The highest BCUT2D eigenvalue weighted by Crippen LogP contribution is 2.25. The van der Waals surface area contributed by atoms with Crippen LogP contribution in [0.4, 0.5) is 0 Å². The zero-order chi connectivity index (χ0) is 20.8. The highest BCUT2D eigenvalue weighted by atomic mass is 79.9. The van der Waals surface area contributed by atoms with Gasteiger partial charge in [0.15, 0.2) is 11.0 Å². The minimum atomic E-state index is -0.312. The number of rotatable bonds is 8. The molecule has 2 aromatic carbocycles. The van der Waals surface area contributed by atoms with Crippen LogP contribution in [0.3, 0.4) is 0 Å². The third kappa shape index (κ3) is 5.72. The Morgan fingerprint density at radius 1 is 1.24 bits per heavy atom. The predicted octanol–water partition coefficient (Wildman–Crippen LogP) is 5.66. The van der Waals surface area contributed by atoms with Gasteiger partial charge in [0.1, 0.15) is 0 Å². The smallest absolute Gasteiger partial charge is 0.251 e. The van der Waals surface area contributed by atoms with Gasteiger partial charge in [0, 0.05) is 27.4 Å². The summed E-state index contributed by atoms with van der Waals surface area (Å²) in [6.07, 6.45) is 1.80. The number of nitrogens with one attached hydrogen (secondary N) is 1. The van der Waals surface area contributed by atoms with E-state index in [1.165, 1.54) is 5.56 Å². The van der Waals surface area contributed by atoms with E-state index in [2.05, 4.69) is 50.2 Å². The first-order chi connectivity index (χ1) is 14.0. The van der Waals surface area contributed by atoms with Crippen molar-refractivity contribution in [3.8, 4) is 0 Å². The quantitative estimate of drug-likeness (QED) is 0.326. The number of nitrogens with zero attached hydrogens (tertiary/aromatic N) is 3. The van der Waals surface area contributed by atoms with Crippen LogP contribution in [0, 0.1) is 0 Å². The van der Waals surface area contributed by atoms with E-state index in [0.29, 0.717) is 23.0 Å². The molecule has 0 radical (unpaired) electrons. The zero-order valence-electron chi connectivity index (χ0n) is 15.8. The number of hydrogen-bond donors (Lipinski definition) is 1. The lowest BCUT2D eigenvalue weighted by Crippen LogP contribution is -2.28. The number of aromatic nitrogens is 3. The third-order valence-corrected chi connectivity index (χ3v) is 6.00. The molecule has 150 valence electrons. The fourth-order valence-electron chi connectivity index (χ4n) is 2.70. The van der Waals surface area contributed by atoms with Crippen molar-refractivity contribution >= 4 is 45.2 Å². The van der Waals surface area contributed by atoms with Crippen molar-refractivity contribution in [2.45, 2.75) is 30.4 Å². The molecule has 3 aromatic rings. The first kappa shape index (κ1) is 21.6. The minimum Gasteiger partial charge on any atom is -0.342 e. The van der Waals surface area contributed by atoms with Crippen LogP contribution in [0.2, 0.25) is 5.02 Å². The molecule has 1 amide bonds. The normalized spacial score (nSPS) is 11.8. The molecule has 1 atom stereocenters. The van der Waals surface area contributed by atoms with Gasteiger partial charge in [-0.15, -0.1) is 16.8 Å². The largest absolute Gasteiger partial charge is 0.342 e. The molecule has 0 aliphatic rings. The standard InChI is InChI=1S/C21H20BrClN4OS/c1-3-12-27-19(14(2)24-20(28)16-6-10-18(23)11-7-16)25-26-21(27)29-13-15-4-8-17(22)9-5-15/h3-11,14H,1,12-13H2,2H3,(H,24,28)/t14-/m0/s1. The van der Waals surface area contributed by atoms with E-state index < -0.39 is 0 Å². The fraction of sp³-hybridized carbons (Fsp3) is 0.190. The molecule has 0 saturated carbocycles. The van der Waals surface area contributed by atoms with Gasteiger partial charge in [0.25, 0.3) is 5.91 Å². The molecule has 0 fully saturated rings. The molecule has 0 spiro atoms. The van der Waals surface area contributed by atoms with E-state index in [1.54, 1.807) is 42.1 Å². The van der Waals surface area contributed by atoms with E-state index in [-0.39, 0.29) is 11.9 Å². The summed E-state index contributed by atoms with van der Waals surface area (Å²) < 4.78 is 3.03. The Hall–Kier alpha value is -2.09. The second-order valence-electron chi connectivity index (χ2n) is 6.36. The van der Waals surface area contributed by atoms with Crippen molar-refractivity contribution < 1.29 is 4.79 Å². The molecule has 0 aliphatic heterocycles. The molecule has 0 aliphatic carbocycles. The highest BCUT2D eigenvalue weighted by Gasteiger charge is 2.20. The molecule has 1 aromatic heterocycles. The summed E-state index contributed by atoms with van der Waals surface area (Å²) in [5.41, 5.74) is 1.73. The first-order valence-electron chi connectivity index (χ1n) is 8.95. The van der Waals surface area contributed by atoms with Crippen LogP contribution in [0.5, 0.6) is 0 Å². The lowest BCUT2D eigenvalue weighted by Gasteiger charge is -2.15. The van der Waals surface area contributed by atoms with Crippen molar-refractivity contribution in [2.24, 2.45) is 0 Å². The number of thioether (sulfide) groups is 1. The third-order valence-electron chi connectivity index (χ3n) is 4.18. The van der Waals surface area contributed by atoms with Crippen molar-refractivity contribution in [1.82, 2.24) is 20.1 Å². The SMILES string of the molecule is C=CCn1c(SCc2ccc(Br)cc2)nnc1[C@H](C)NC(=O)c1ccc(Cl)cc1. The fourth-order valence-corrected chi connectivity index (χ4v) is 4.00. The molecule has 8 heteroatoms. The lowest BCUT2D eigenvalue weighted by molar-refractivity contribution is 0.0937. The van der Waals surface area contributed by atoms with Crippen molar-refractivity contribution in [3.05, 3.63) is 87.6 Å². The van der Waals surface area contributed by atoms with Gasteiger partial charge in [-0.05, 0) is 48.9 Å². The van der Waals surface area contributed by atoms with Gasteiger partial charge < -0.3 is 9.88 Å². The monoisotopic (exact) mass is 490 g/mol. The van der Waals surface area contributed by atoms with E-state index in [4.69, 9.17) is 11.6 Å². The predicted molar refractivity (Wildman–Crippen MR) is 121 cm³/mol. The second-order valence-corrected chi connectivity index (χ2v) is 8.65. The molecule has 0 bridgehead atoms. The van der Waals surface area contributed by atoms with Gasteiger partial charge in [-0.2, -0.15) is 0 Å². The Bertz CT molecular complexity index is 989. The number of carbonyl (C=O) groups excluding carboxylic acids is 1. The van der Waals surface area contributed by atoms with Gasteiger partial charge >= 0.3 is 0 Å². The van der Waals surface area contributed by atoms with E-state index in [0.717, 1.165) is 15.4 Å². The van der Waals surface area contributed by atoms with Gasteiger partial charge in [-0.25, -0.2) is 0 Å². The summed E-state index contributed by atoms with van der Waals surface area (Å²) in [5, 5.41) is 13.0. The minimum absolute atomic E-state index is 0.189. The Labute approximate surface area is 187 Å². The summed E-state index contributed by atoms with van der Waals surface area (Å²) in [5.74, 6) is 1.27. The Balaban J connectivity index is 1.72. The number of allylic oxidation sites excluding steroid dienone is 1. The molecular weight excluding hydrogens is 472 g/mol. The summed E-state index contributed by atoms with van der Waals surface area (Å²) in [7, 11) is 0. The number of halogens is 2. The number of amides is 1. The molecule has 3 rings (SSSR count). The Morgan fingerprint density at radius 3 is 2.59 bits per heavy atom. The van der Waals surface area contributed by atoms with Crippen molar-refractivity contribution in [3.63, 3.8) is 0 Å². The molecule has 1 N–H and O–H groups in total. The van der Waals surface area contributed by atoms with Crippen LogP contribution in [0.15, 0.2) is 70.8 Å². The van der Waals surface area contributed by atoms with Crippen molar-refractivity contribution in [2.75, 3.05) is 0 Å². The maximum absolute atomic E-state index is 12.5. The van der Waals surface area contributed by atoms with E-state index >= 15 is 0 Å². The average molecular weight is 492 g/mol. The molecular formula is C21H20BrClN4OS. The van der Waals surface area contributed by atoms with Crippen LogP contribution in [-0.4, -0.2) is 20.7 Å². The average Bonchev–Trinajstić information content (AvgIpc) is 3.11. The highest BCUT2D eigenvalue weighted by molar-refractivity contribution is 9.10. The van der Waals surface area contributed by atoms with Crippen LogP contribution in [0.1, 0.15) is 34.7 Å². The summed E-state index contributed by atoms with van der Waals surface area (Å²) in [4.78, 5) is 12.5. The first-order valence-corrected chi connectivity index (χ1v) is 11.1. The van der Waals surface area contributed by atoms with Crippen LogP contribution < -0.4 is 5.32 Å². The van der Waals surface area contributed by atoms with Gasteiger partial charge in [-0.1, -0.05) is 57.5 Å². The van der Waals surface area contributed by atoms with Crippen LogP contribution in [-0.2, 0) is 12.3 Å². The van der Waals surface area contributed by atoms with Crippen LogP contribution in [0.25, 0.3) is 0 Å². The number of benzene rings is 2. The molecule has 0 saturated heterocycles. The summed E-state index contributed by atoms with van der Waals surface area (Å²) in [6.45, 7) is 6.28. The molecule has 0 unspecified atom stereocenters. The van der Waals surface area contributed by atoms with Gasteiger partial charge in [0.05, 0.1) is 6.04 Å². The number of hydrogen-bond acceptors (Lipinski definition) is 4. The van der Waals surface area contributed by atoms with E-state index in [1.807, 2.05) is 23.6 Å². The summed E-state index contributed by atoms with van der Waals surface area (Å²) >= 11 is 10.9. The Morgan fingerprint density at radius 2 is 1.93 bits per heavy atom. The molecule has 29 heavy (non-hydrogen) atoms. The van der Waals surface area contributed by atoms with Gasteiger partial charge in [0.2, 0.25) is 0 Å². The second kappa shape index (κ2) is 10.1. The van der Waals surface area contributed by atoms with Crippen molar-refractivity contribution in [1.29, 1.82) is 0 Å². The zero-order valence-corrected chi connectivity index (χ0v) is 19.0. The Kier molecular flexibility index (Phi) is 7.52. The topological polar surface area (TPSA) is 59.8 Å². The molecule has 5 nitrogen and oxygen atoms in total. The maximum Gasteiger partial charge on any atom is 0.251 e. The van der Waals surface area contributed by atoms with Crippen LogP contribution >= 0.6 is 39.3 Å². The summed E-state index contributed by atoms with van der Waals surface area (Å²) in [6, 6.07) is 14.6. The molecule has 1 heterocycles. The lowest BCUT2D eigenvalue weighted by atomic mass is 10.2. The van der Waals surface area contributed by atoms with E-state index in [9.17, 15) is 4.79 Å². The maximum atomic E-state index is 12.5. The van der Waals surface area contributed by atoms with Gasteiger partial charge in [-0.3, -0.25) is 4.79 Å².